The molecule has 0 unspecified atom stereocenters. The lowest BCUT2D eigenvalue weighted by Gasteiger charge is -2.36. The number of aryl methyl sites for hydroxylation is 2. The van der Waals surface area contributed by atoms with Crippen molar-refractivity contribution in [2.45, 2.75) is 13.8 Å². The Kier molecular flexibility index (Phi) is 3.98. The van der Waals surface area contributed by atoms with Crippen molar-refractivity contribution in [2.24, 2.45) is 0 Å². The largest absolute Gasteiger partial charge is 0.352 e. The van der Waals surface area contributed by atoms with Crippen molar-refractivity contribution in [2.75, 3.05) is 36.0 Å². The van der Waals surface area contributed by atoms with Gasteiger partial charge in [0.25, 0.3) is 5.56 Å². The number of piperazine rings is 1. The van der Waals surface area contributed by atoms with Gasteiger partial charge in [-0.25, -0.2) is 15.0 Å². The van der Waals surface area contributed by atoms with E-state index in [2.05, 4.69) is 29.8 Å². The number of pyridine rings is 1. The van der Waals surface area contributed by atoms with E-state index in [9.17, 15) is 9.18 Å². The van der Waals surface area contributed by atoms with Gasteiger partial charge in [-0.05, 0) is 19.9 Å². The van der Waals surface area contributed by atoms with E-state index in [1.165, 1.54) is 6.92 Å². The minimum absolute atomic E-state index is 0.107. The lowest BCUT2D eigenvalue weighted by molar-refractivity contribution is 0.579. The van der Waals surface area contributed by atoms with Gasteiger partial charge in [-0.15, -0.1) is 0 Å². The van der Waals surface area contributed by atoms with Crippen LogP contribution in [0, 0.1) is 19.7 Å². The number of fused-ring (bicyclic) bond motifs is 1. The van der Waals surface area contributed by atoms with Gasteiger partial charge in [0, 0.05) is 37.8 Å². The standard InChI is InChI=1S/C17H18FN7O/c1-10-14(18)16(26)23-17(20-10)25-7-5-24(6-8-25)15-12-3-4-19-9-13(12)21-11(2)22-15/h3-4,9H,5-8H2,1-2H3,(H,20,23,26). The number of rotatable bonds is 2. The number of aromatic amines is 1. The molecule has 0 bridgehead atoms. The van der Waals surface area contributed by atoms with Crippen LogP contribution in [0.25, 0.3) is 10.9 Å². The number of halogens is 1. The molecule has 26 heavy (non-hydrogen) atoms. The zero-order valence-electron chi connectivity index (χ0n) is 14.5. The van der Waals surface area contributed by atoms with E-state index in [0.717, 1.165) is 16.7 Å². The summed E-state index contributed by atoms with van der Waals surface area (Å²) < 4.78 is 13.5. The summed E-state index contributed by atoms with van der Waals surface area (Å²) in [5, 5.41) is 0.961. The van der Waals surface area contributed by atoms with E-state index in [1.807, 2.05) is 17.9 Å². The first-order valence-corrected chi connectivity index (χ1v) is 8.37. The summed E-state index contributed by atoms with van der Waals surface area (Å²) in [6.45, 7) is 6.05. The van der Waals surface area contributed by atoms with Crippen LogP contribution in [0.15, 0.2) is 23.3 Å². The molecule has 4 heterocycles. The SMILES string of the molecule is Cc1nc(N2CCN(c3nc(C)c(F)c(=O)[nH]3)CC2)c2ccncc2n1. The monoisotopic (exact) mass is 355 g/mol. The molecule has 0 amide bonds. The molecular formula is C17H18FN7O. The van der Waals surface area contributed by atoms with Gasteiger partial charge in [-0.3, -0.25) is 14.8 Å². The Morgan fingerprint density at radius 1 is 1.08 bits per heavy atom. The van der Waals surface area contributed by atoms with Gasteiger partial charge in [0.15, 0.2) is 0 Å². The molecule has 8 nitrogen and oxygen atoms in total. The number of nitrogens with one attached hydrogen (secondary N) is 1. The number of hydrogen-bond acceptors (Lipinski definition) is 7. The maximum absolute atomic E-state index is 13.5. The average Bonchev–Trinajstić information content (AvgIpc) is 2.65. The molecule has 0 saturated carbocycles. The van der Waals surface area contributed by atoms with Crippen molar-refractivity contribution in [1.82, 2.24) is 24.9 Å². The lowest BCUT2D eigenvalue weighted by atomic mass is 10.2. The summed E-state index contributed by atoms with van der Waals surface area (Å²) in [7, 11) is 0. The first kappa shape index (κ1) is 16.4. The van der Waals surface area contributed by atoms with Gasteiger partial charge in [0.05, 0.1) is 17.4 Å². The minimum Gasteiger partial charge on any atom is -0.352 e. The molecular weight excluding hydrogens is 337 g/mol. The molecule has 1 fully saturated rings. The highest BCUT2D eigenvalue weighted by Gasteiger charge is 2.22. The van der Waals surface area contributed by atoms with Crippen molar-refractivity contribution in [3.63, 3.8) is 0 Å². The normalized spacial score (nSPS) is 14.9. The summed E-state index contributed by atoms with van der Waals surface area (Å²) in [4.78, 5) is 35.6. The van der Waals surface area contributed by atoms with Crippen LogP contribution in [-0.4, -0.2) is 51.1 Å². The van der Waals surface area contributed by atoms with Gasteiger partial charge in [-0.2, -0.15) is 4.39 Å². The molecule has 4 rings (SSSR count). The molecule has 3 aromatic rings. The molecule has 0 aliphatic carbocycles. The molecule has 0 atom stereocenters. The molecule has 3 aromatic heterocycles. The lowest BCUT2D eigenvalue weighted by Crippen LogP contribution is -2.48. The predicted octanol–water partition coefficient (Wildman–Crippen LogP) is 1.19. The van der Waals surface area contributed by atoms with Crippen LogP contribution in [0.5, 0.6) is 0 Å². The van der Waals surface area contributed by atoms with Crippen LogP contribution in [-0.2, 0) is 0 Å². The number of H-pyrrole nitrogens is 1. The summed E-state index contributed by atoms with van der Waals surface area (Å²) >= 11 is 0. The maximum atomic E-state index is 13.5. The first-order valence-electron chi connectivity index (χ1n) is 8.37. The fourth-order valence-corrected chi connectivity index (χ4v) is 3.15. The summed E-state index contributed by atoms with van der Waals surface area (Å²) in [6, 6.07) is 1.92. The van der Waals surface area contributed by atoms with Crippen molar-refractivity contribution in [3.8, 4) is 0 Å². The third kappa shape index (κ3) is 2.85. The van der Waals surface area contributed by atoms with E-state index < -0.39 is 11.4 Å². The summed E-state index contributed by atoms with van der Waals surface area (Å²) in [5.41, 5.74) is 0.188. The van der Waals surface area contributed by atoms with Gasteiger partial charge in [0.2, 0.25) is 11.8 Å². The van der Waals surface area contributed by atoms with E-state index in [-0.39, 0.29) is 5.69 Å². The fourth-order valence-electron chi connectivity index (χ4n) is 3.15. The van der Waals surface area contributed by atoms with Crippen LogP contribution < -0.4 is 15.4 Å². The second-order valence-corrected chi connectivity index (χ2v) is 6.25. The second-order valence-electron chi connectivity index (χ2n) is 6.25. The fraction of sp³-hybridized carbons (Fsp3) is 0.353. The smallest absolute Gasteiger partial charge is 0.288 e. The molecule has 1 N–H and O–H groups in total. The van der Waals surface area contributed by atoms with Gasteiger partial charge < -0.3 is 9.80 Å². The first-order chi connectivity index (χ1) is 12.5. The summed E-state index contributed by atoms with van der Waals surface area (Å²) in [6.07, 6.45) is 3.47. The Morgan fingerprint density at radius 2 is 1.81 bits per heavy atom. The Bertz CT molecular complexity index is 1030. The highest BCUT2D eigenvalue weighted by molar-refractivity contribution is 5.88. The topological polar surface area (TPSA) is 90.9 Å². The van der Waals surface area contributed by atoms with Crippen LogP contribution in [0.3, 0.4) is 0 Å². The highest BCUT2D eigenvalue weighted by Crippen LogP contribution is 2.24. The van der Waals surface area contributed by atoms with E-state index in [1.54, 1.807) is 12.4 Å². The zero-order chi connectivity index (χ0) is 18.3. The van der Waals surface area contributed by atoms with Gasteiger partial charge >= 0.3 is 0 Å². The maximum Gasteiger partial charge on any atom is 0.288 e. The van der Waals surface area contributed by atoms with Gasteiger partial charge in [0.1, 0.15) is 11.6 Å². The molecule has 1 aliphatic rings. The minimum atomic E-state index is -0.830. The van der Waals surface area contributed by atoms with Crippen molar-refractivity contribution in [1.29, 1.82) is 0 Å². The third-order valence-corrected chi connectivity index (χ3v) is 4.49. The van der Waals surface area contributed by atoms with Crippen LogP contribution in [0.2, 0.25) is 0 Å². The van der Waals surface area contributed by atoms with Crippen LogP contribution in [0.1, 0.15) is 11.5 Å². The highest BCUT2D eigenvalue weighted by atomic mass is 19.1. The molecule has 134 valence electrons. The molecule has 0 radical (unpaired) electrons. The third-order valence-electron chi connectivity index (χ3n) is 4.49. The van der Waals surface area contributed by atoms with Crippen LogP contribution >= 0.6 is 0 Å². The van der Waals surface area contributed by atoms with E-state index in [4.69, 9.17) is 0 Å². The van der Waals surface area contributed by atoms with Crippen LogP contribution in [0.4, 0.5) is 16.2 Å². The van der Waals surface area contributed by atoms with Crippen molar-refractivity contribution >= 4 is 22.7 Å². The number of hydrogen-bond donors (Lipinski definition) is 1. The number of aromatic nitrogens is 5. The molecule has 9 heteroatoms. The Labute approximate surface area is 148 Å². The number of anilines is 2. The van der Waals surface area contributed by atoms with E-state index >= 15 is 0 Å². The second kappa shape index (κ2) is 6.32. The summed E-state index contributed by atoms with van der Waals surface area (Å²) in [5.74, 6) is 1.15. The Hall–Kier alpha value is -3.10. The predicted molar refractivity (Wildman–Crippen MR) is 96.0 cm³/mol. The molecule has 0 aromatic carbocycles. The average molecular weight is 355 g/mol. The zero-order valence-corrected chi connectivity index (χ0v) is 14.5. The molecule has 1 saturated heterocycles. The van der Waals surface area contributed by atoms with Gasteiger partial charge in [-0.1, -0.05) is 0 Å². The van der Waals surface area contributed by atoms with Crippen molar-refractivity contribution < 1.29 is 4.39 Å². The Morgan fingerprint density at radius 3 is 2.54 bits per heavy atom. The number of nitrogens with zero attached hydrogens (tertiary/aromatic N) is 6. The molecule has 0 spiro atoms. The Balaban J connectivity index is 1.59. The van der Waals surface area contributed by atoms with Crippen molar-refractivity contribution in [3.05, 3.63) is 46.1 Å². The van der Waals surface area contributed by atoms with E-state index in [0.29, 0.717) is 38.0 Å². The molecule has 1 aliphatic heterocycles. The quantitative estimate of drug-likeness (QED) is 0.738.